The van der Waals surface area contributed by atoms with Gasteiger partial charge in [0.05, 0.1) is 16.5 Å². The highest BCUT2D eigenvalue weighted by molar-refractivity contribution is 7.92. The van der Waals surface area contributed by atoms with Gasteiger partial charge in [0, 0.05) is 18.7 Å². The Morgan fingerprint density at radius 2 is 1.85 bits per heavy atom. The number of phenols is 1. The number of aryl methyl sites for hydroxylation is 1. The fourth-order valence-corrected chi connectivity index (χ4v) is 3.93. The number of nitrogens with zero attached hydrogens (tertiary/aromatic N) is 1. The van der Waals surface area contributed by atoms with Crippen LogP contribution in [0, 0.1) is 12.8 Å². The molecule has 0 aromatic heterocycles. The maximum atomic E-state index is 12.5. The first-order valence-electron chi connectivity index (χ1n) is 8.13. The first kappa shape index (κ1) is 18.7. The summed E-state index contributed by atoms with van der Waals surface area (Å²) in [6.07, 6.45) is -0.0798. The molecule has 1 saturated heterocycles. The molecule has 0 unspecified atom stereocenters. The largest absolute Gasteiger partial charge is 0.506 e. The zero-order valence-electron chi connectivity index (χ0n) is 14.4. The summed E-state index contributed by atoms with van der Waals surface area (Å²) >= 11 is 0. The first-order chi connectivity index (χ1) is 12.7. The molecule has 0 saturated carbocycles. The third-order valence-electron chi connectivity index (χ3n) is 4.33. The van der Waals surface area contributed by atoms with E-state index in [1.165, 1.54) is 41.3 Å². The average Bonchev–Trinajstić information content (AvgIpc) is 3.00. The van der Waals surface area contributed by atoms with Crippen LogP contribution >= 0.6 is 0 Å². The minimum atomic E-state index is -3.94. The van der Waals surface area contributed by atoms with E-state index in [1.807, 2.05) is 0 Å². The van der Waals surface area contributed by atoms with Crippen molar-refractivity contribution in [3.05, 3.63) is 48.0 Å². The van der Waals surface area contributed by atoms with Gasteiger partial charge < -0.3 is 15.1 Å². The van der Waals surface area contributed by atoms with Crippen LogP contribution in [0.3, 0.4) is 0 Å². The molecule has 1 heterocycles. The second-order valence-corrected chi connectivity index (χ2v) is 8.05. The molecule has 1 atom stereocenters. The highest BCUT2D eigenvalue weighted by atomic mass is 32.2. The van der Waals surface area contributed by atoms with Crippen molar-refractivity contribution in [2.45, 2.75) is 18.2 Å². The Balaban J connectivity index is 1.81. The summed E-state index contributed by atoms with van der Waals surface area (Å²) in [7, 11) is -3.94. The summed E-state index contributed by atoms with van der Waals surface area (Å²) in [5, 5.41) is 18.9. The molecule has 27 heavy (non-hydrogen) atoms. The zero-order chi connectivity index (χ0) is 19.8. The molecule has 0 radical (unpaired) electrons. The molecule has 9 heteroatoms. The molecule has 3 N–H and O–H groups in total. The van der Waals surface area contributed by atoms with Crippen molar-refractivity contribution >= 4 is 33.3 Å². The number of carbonyl (C=O) groups excluding carboxylic acids is 1. The third kappa shape index (κ3) is 3.87. The topological polar surface area (TPSA) is 124 Å². The van der Waals surface area contributed by atoms with Crippen molar-refractivity contribution < 1.29 is 28.2 Å². The van der Waals surface area contributed by atoms with Gasteiger partial charge in [0.15, 0.2) is 0 Å². The van der Waals surface area contributed by atoms with Crippen LogP contribution in [0.15, 0.2) is 47.4 Å². The number of phenolic OH excluding ortho intramolecular Hbond substituents is 1. The summed E-state index contributed by atoms with van der Waals surface area (Å²) < 4.78 is 27.4. The van der Waals surface area contributed by atoms with Gasteiger partial charge in [-0.15, -0.1) is 0 Å². The number of hydrogen-bond acceptors (Lipinski definition) is 5. The Bertz CT molecular complexity index is 1000. The van der Waals surface area contributed by atoms with Crippen molar-refractivity contribution in [3.63, 3.8) is 0 Å². The van der Waals surface area contributed by atoms with Gasteiger partial charge >= 0.3 is 5.97 Å². The van der Waals surface area contributed by atoms with Crippen LogP contribution in [-0.4, -0.2) is 37.1 Å². The van der Waals surface area contributed by atoms with Crippen LogP contribution in [0.4, 0.5) is 11.4 Å². The predicted octanol–water partition coefficient (Wildman–Crippen LogP) is 1.94. The summed E-state index contributed by atoms with van der Waals surface area (Å²) in [6.45, 7) is 1.82. The molecule has 0 aliphatic carbocycles. The molecule has 1 aliphatic heterocycles. The number of hydrogen-bond donors (Lipinski definition) is 3. The van der Waals surface area contributed by atoms with E-state index in [9.17, 15) is 23.1 Å². The second kappa shape index (κ2) is 6.92. The summed E-state index contributed by atoms with van der Waals surface area (Å²) in [5.74, 6) is -2.32. The average molecular weight is 390 g/mol. The fraction of sp³-hybridized carbons (Fsp3) is 0.222. The zero-order valence-corrected chi connectivity index (χ0v) is 15.2. The minimum Gasteiger partial charge on any atom is -0.506 e. The first-order valence-corrected chi connectivity index (χ1v) is 9.61. The van der Waals surface area contributed by atoms with E-state index >= 15 is 0 Å². The second-order valence-electron chi connectivity index (χ2n) is 6.36. The quantitative estimate of drug-likeness (QED) is 0.670. The Morgan fingerprint density at radius 3 is 2.44 bits per heavy atom. The van der Waals surface area contributed by atoms with Gasteiger partial charge in [0.2, 0.25) is 5.91 Å². The van der Waals surface area contributed by atoms with Crippen molar-refractivity contribution in [2.75, 3.05) is 16.2 Å². The maximum absolute atomic E-state index is 12.5. The molecule has 142 valence electrons. The number of amides is 1. The normalized spacial score (nSPS) is 17.1. The Hall–Kier alpha value is -3.07. The van der Waals surface area contributed by atoms with E-state index in [2.05, 4.69) is 4.72 Å². The summed E-state index contributed by atoms with van der Waals surface area (Å²) in [6, 6.07) is 10.1. The van der Waals surface area contributed by atoms with E-state index in [0.717, 1.165) is 5.56 Å². The van der Waals surface area contributed by atoms with Crippen molar-refractivity contribution in [1.29, 1.82) is 0 Å². The molecular formula is C18H18N2O6S. The van der Waals surface area contributed by atoms with Crippen LogP contribution in [-0.2, 0) is 19.6 Å². The van der Waals surface area contributed by atoms with Crippen molar-refractivity contribution in [1.82, 2.24) is 0 Å². The molecule has 1 amide bonds. The van der Waals surface area contributed by atoms with Gasteiger partial charge in [-0.2, -0.15) is 0 Å². The maximum Gasteiger partial charge on any atom is 0.308 e. The van der Waals surface area contributed by atoms with E-state index < -0.39 is 21.9 Å². The lowest BCUT2D eigenvalue weighted by atomic mass is 10.1. The summed E-state index contributed by atoms with van der Waals surface area (Å²) in [4.78, 5) is 24.3. The van der Waals surface area contributed by atoms with Crippen molar-refractivity contribution in [3.8, 4) is 5.75 Å². The lowest BCUT2D eigenvalue weighted by molar-refractivity contribution is -0.141. The SMILES string of the molecule is Cc1ccc(O)c(NS(=O)(=O)c2ccc(N3C[C@@H](C(=O)O)CC3=O)cc2)c1. The number of rotatable bonds is 5. The Kier molecular flexibility index (Phi) is 4.79. The number of aliphatic carboxylic acids is 1. The minimum absolute atomic E-state index is 0.0476. The van der Waals surface area contributed by atoms with Gasteiger partial charge in [-0.3, -0.25) is 14.3 Å². The molecule has 1 fully saturated rings. The van der Waals surface area contributed by atoms with Gasteiger partial charge in [0.25, 0.3) is 10.0 Å². The number of carbonyl (C=O) groups is 2. The Labute approximate surface area is 156 Å². The standard InChI is InChI=1S/C18H18N2O6S/c1-11-2-7-16(21)15(8-11)19-27(25,26)14-5-3-13(4-6-14)20-10-12(18(23)24)9-17(20)22/h2-8,12,19,21H,9-10H2,1H3,(H,23,24)/t12-/m0/s1. The third-order valence-corrected chi connectivity index (χ3v) is 5.71. The fourth-order valence-electron chi connectivity index (χ4n) is 2.86. The summed E-state index contributed by atoms with van der Waals surface area (Å²) in [5.41, 5.74) is 1.28. The molecule has 3 rings (SSSR count). The predicted molar refractivity (Wildman–Crippen MR) is 98.2 cm³/mol. The van der Waals surface area contributed by atoms with Crippen LogP contribution in [0.2, 0.25) is 0 Å². The molecular weight excluding hydrogens is 372 g/mol. The number of nitrogens with one attached hydrogen (secondary N) is 1. The van der Waals surface area contributed by atoms with E-state index in [0.29, 0.717) is 5.69 Å². The molecule has 2 aromatic carbocycles. The van der Waals surface area contributed by atoms with Gasteiger partial charge in [-0.25, -0.2) is 8.42 Å². The highest BCUT2D eigenvalue weighted by Crippen LogP contribution is 2.29. The molecule has 2 aromatic rings. The van der Waals surface area contributed by atoms with Crippen LogP contribution < -0.4 is 9.62 Å². The number of carboxylic acid groups (broad SMARTS) is 1. The molecule has 1 aliphatic rings. The number of aromatic hydroxyl groups is 1. The number of anilines is 2. The van der Waals surface area contributed by atoms with E-state index in [4.69, 9.17) is 5.11 Å². The van der Waals surface area contributed by atoms with Gasteiger partial charge in [-0.1, -0.05) is 6.07 Å². The number of carboxylic acids is 1. The molecule has 0 spiro atoms. The lowest BCUT2D eigenvalue weighted by Gasteiger charge is -2.17. The highest BCUT2D eigenvalue weighted by Gasteiger charge is 2.35. The smallest absolute Gasteiger partial charge is 0.308 e. The van der Waals surface area contributed by atoms with Crippen molar-refractivity contribution in [2.24, 2.45) is 5.92 Å². The number of benzene rings is 2. The molecule has 8 nitrogen and oxygen atoms in total. The molecule has 0 bridgehead atoms. The van der Waals surface area contributed by atoms with Gasteiger partial charge in [-0.05, 0) is 48.9 Å². The van der Waals surface area contributed by atoms with Crippen LogP contribution in [0.25, 0.3) is 0 Å². The van der Waals surface area contributed by atoms with Crippen LogP contribution in [0.1, 0.15) is 12.0 Å². The monoisotopic (exact) mass is 390 g/mol. The number of sulfonamides is 1. The van der Waals surface area contributed by atoms with E-state index in [1.54, 1.807) is 13.0 Å². The lowest BCUT2D eigenvalue weighted by Crippen LogP contribution is -2.25. The van der Waals surface area contributed by atoms with Gasteiger partial charge in [0.1, 0.15) is 5.75 Å². The van der Waals surface area contributed by atoms with E-state index in [-0.39, 0.29) is 35.2 Å². The Morgan fingerprint density at radius 1 is 1.19 bits per heavy atom. The van der Waals surface area contributed by atoms with Crippen LogP contribution in [0.5, 0.6) is 5.75 Å².